The molecule has 0 fully saturated rings. The smallest absolute Gasteiger partial charge is 0.435 e. The van der Waals surface area contributed by atoms with Crippen LogP contribution < -0.4 is 5.32 Å². The van der Waals surface area contributed by atoms with Crippen LogP contribution in [-0.2, 0) is 15.7 Å². The van der Waals surface area contributed by atoms with E-state index in [1.165, 1.54) is 6.07 Å². The molecule has 1 atom stereocenters. The zero-order chi connectivity index (χ0) is 19.8. The van der Waals surface area contributed by atoms with E-state index in [-0.39, 0.29) is 10.9 Å². The van der Waals surface area contributed by atoms with E-state index in [1.54, 1.807) is 24.3 Å². The Morgan fingerprint density at radius 1 is 1.30 bits per heavy atom. The molecule has 3 N–H and O–H groups in total. The SMILES string of the molecule is COC(=O)[C@H](CO)NC(=O)c1cc2c([nH]c3ccccc32)c(C(F)(F)F)n1. The van der Waals surface area contributed by atoms with Gasteiger partial charge in [0.25, 0.3) is 5.91 Å². The van der Waals surface area contributed by atoms with Crippen LogP contribution in [0.15, 0.2) is 30.3 Å². The Morgan fingerprint density at radius 3 is 2.63 bits per heavy atom. The highest BCUT2D eigenvalue weighted by molar-refractivity contribution is 6.10. The fourth-order valence-corrected chi connectivity index (χ4v) is 2.72. The number of aromatic amines is 1. The molecule has 7 nitrogen and oxygen atoms in total. The zero-order valence-corrected chi connectivity index (χ0v) is 13.9. The molecule has 1 amide bonds. The third-order valence-corrected chi connectivity index (χ3v) is 3.97. The van der Waals surface area contributed by atoms with E-state index in [0.717, 1.165) is 7.11 Å². The summed E-state index contributed by atoms with van der Waals surface area (Å²) in [5.41, 5.74) is -1.58. The van der Waals surface area contributed by atoms with Crippen LogP contribution in [0.4, 0.5) is 13.2 Å². The number of carbonyl (C=O) groups is 2. The van der Waals surface area contributed by atoms with E-state index < -0.39 is 42.1 Å². The second kappa shape index (κ2) is 6.88. The van der Waals surface area contributed by atoms with Gasteiger partial charge in [-0.1, -0.05) is 18.2 Å². The molecule has 0 aliphatic heterocycles. The van der Waals surface area contributed by atoms with E-state index in [4.69, 9.17) is 5.11 Å². The number of fused-ring (bicyclic) bond motifs is 3. The molecule has 2 heterocycles. The number of aliphatic hydroxyl groups excluding tert-OH is 1. The standard InChI is InChI=1S/C17H14F3N3O4/c1-27-16(26)12(7-24)23-15(25)11-6-9-8-4-2-3-5-10(8)21-13(9)14(22-11)17(18,19)20/h2-6,12,21,24H,7H2,1H3,(H,23,25)/t12-/m0/s1. The lowest BCUT2D eigenvalue weighted by Crippen LogP contribution is -2.44. The number of esters is 1. The molecular weight excluding hydrogens is 367 g/mol. The predicted molar refractivity (Wildman–Crippen MR) is 89.0 cm³/mol. The van der Waals surface area contributed by atoms with Gasteiger partial charge in [0, 0.05) is 16.3 Å². The molecular formula is C17H14F3N3O4. The summed E-state index contributed by atoms with van der Waals surface area (Å²) in [5.74, 6) is -1.98. The number of halogens is 3. The van der Waals surface area contributed by atoms with Crippen molar-refractivity contribution in [3.8, 4) is 0 Å². The first-order valence-electron chi connectivity index (χ1n) is 7.74. The van der Waals surface area contributed by atoms with E-state index in [1.807, 2.05) is 0 Å². The van der Waals surface area contributed by atoms with Gasteiger partial charge in [-0.2, -0.15) is 13.2 Å². The molecule has 3 aromatic rings. The lowest BCUT2D eigenvalue weighted by Gasteiger charge is -2.14. The first kappa shape index (κ1) is 18.6. The van der Waals surface area contributed by atoms with Gasteiger partial charge in [0.2, 0.25) is 0 Å². The molecule has 0 spiro atoms. The molecule has 1 aromatic carbocycles. The Hall–Kier alpha value is -3.14. The second-order valence-corrected chi connectivity index (χ2v) is 5.68. The van der Waals surface area contributed by atoms with Gasteiger partial charge in [-0.15, -0.1) is 0 Å². The Morgan fingerprint density at radius 2 is 2.00 bits per heavy atom. The van der Waals surface area contributed by atoms with E-state index in [0.29, 0.717) is 10.9 Å². The van der Waals surface area contributed by atoms with Gasteiger partial charge in [-0.3, -0.25) is 4.79 Å². The maximum absolute atomic E-state index is 13.5. The molecule has 2 aromatic heterocycles. The summed E-state index contributed by atoms with van der Waals surface area (Å²) in [7, 11) is 1.05. The summed E-state index contributed by atoms with van der Waals surface area (Å²) in [4.78, 5) is 29.9. The van der Waals surface area contributed by atoms with E-state index in [2.05, 4.69) is 20.0 Å². The Kier molecular flexibility index (Phi) is 4.75. The number of aliphatic hydroxyl groups is 1. The summed E-state index contributed by atoms with van der Waals surface area (Å²) < 4.78 is 44.8. The van der Waals surface area contributed by atoms with Crippen molar-refractivity contribution in [3.63, 3.8) is 0 Å². The summed E-state index contributed by atoms with van der Waals surface area (Å²) in [6, 6.07) is 6.31. The lowest BCUT2D eigenvalue weighted by molar-refractivity contribution is -0.144. The van der Waals surface area contributed by atoms with Crippen molar-refractivity contribution in [1.29, 1.82) is 0 Å². The Balaban J connectivity index is 2.14. The molecule has 0 saturated heterocycles. The molecule has 142 valence electrons. The molecule has 0 radical (unpaired) electrons. The van der Waals surface area contributed by atoms with Crippen LogP contribution in [0, 0.1) is 0 Å². The molecule has 10 heteroatoms. The topological polar surface area (TPSA) is 104 Å². The zero-order valence-electron chi connectivity index (χ0n) is 13.9. The minimum Gasteiger partial charge on any atom is -0.467 e. The van der Waals surface area contributed by atoms with Gasteiger partial charge >= 0.3 is 12.1 Å². The number of aromatic nitrogens is 2. The van der Waals surface area contributed by atoms with E-state index >= 15 is 0 Å². The average molecular weight is 381 g/mol. The summed E-state index contributed by atoms with van der Waals surface area (Å²) >= 11 is 0. The highest BCUT2D eigenvalue weighted by Crippen LogP contribution is 2.36. The van der Waals surface area contributed by atoms with Crippen LogP contribution in [0.25, 0.3) is 21.8 Å². The first-order valence-corrected chi connectivity index (χ1v) is 7.74. The molecule has 0 unspecified atom stereocenters. The maximum Gasteiger partial charge on any atom is 0.435 e. The van der Waals surface area contributed by atoms with Crippen LogP contribution in [0.3, 0.4) is 0 Å². The monoisotopic (exact) mass is 381 g/mol. The lowest BCUT2D eigenvalue weighted by atomic mass is 10.1. The van der Waals surface area contributed by atoms with Crippen molar-refractivity contribution in [2.75, 3.05) is 13.7 Å². The number of alkyl halides is 3. The number of hydrogen-bond acceptors (Lipinski definition) is 5. The van der Waals surface area contributed by atoms with Gasteiger partial charge < -0.3 is 20.1 Å². The maximum atomic E-state index is 13.5. The van der Waals surface area contributed by atoms with Crippen LogP contribution >= 0.6 is 0 Å². The van der Waals surface area contributed by atoms with Crippen molar-refractivity contribution < 1.29 is 32.6 Å². The minimum atomic E-state index is -4.81. The number of para-hydroxylation sites is 1. The van der Waals surface area contributed by atoms with Crippen molar-refractivity contribution in [2.45, 2.75) is 12.2 Å². The third kappa shape index (κ3) is 3.43. The van der Waals surface area contributed by atoms with Crippen LogP contribution in [0.1, 0.15) is 16.2 Å². The number of carbonyl (C=O) groups excluding carboxylic acids is 2. The third-order valence-electron chi connectivity index (χ3n) is 3.97. The molecule has 0 bridgehead atoms. The Bertz CT molecular complexity index is 1030. The number of H-pyrrole nitrogens is 1. The molecule has 3 rings (SSSR count). The normalized spacial score (nSPS) is 12.9. The van der Waals surface area contributed by atoms with E-state index in [9.17, 15) is 22.8 Å². The minimum absolute atomic E-state index is 0.164. The first-order chi connectivity index (χ1) is 12.8. The number of amides is 1. The fraction of sp³-hybridized carbons (Fsp3) is 0.235. The van der Waals surface area contributed by atoms with Crippen LogP contribution in [0.5, 0.6) is 0 Å². The number of pyridine rings is 1. The van der Waals surface area contributed by atoms with Crippen molar-refractivity contribution >= 4 is 33.7 Å². The molecule has 0 aliphatic carbocycles. The largest absolute Gasteiger partial charge is 0.467 e. The highest BCUT2D eigenvalue weighted by atomic mass is 19.4. The number of hydrogen-bond donors (Lipinski definition) is 3. The number of ether oxygens (including phenoxy) is 1. The van der Waals surface area contributed by atoms with Gasteiger partial charge in [0.15, 0.2) is 11.7 Å². The second-order valence-electron chi connectivity index (χ2n) is 5.68. The van der Waals surface area contributed by atoms with Gasteiger partial charge in [0.1, 0.15) is 5.69 Å². The number of rotatable bonds is 4. The number of benzene rings is 1. The molecule has 0 saturated carbocycles. The number of nitrogens with zero attached hydrogens (tertiary/aromatic N) is 1. The number of nitrogens with one attached hydrogen (secondary N) is 2. The van der Waals surface area contributed by atoms with Crippen molar-refractivity contribution in [2.24, 2.45) is 0 Å². The van der Waals surface area contributed by atoms with Crippen LogP contribution in [0.2, 0.25) is 0 Å². The number of methoxy groups -OCH3 is 1. The summed E-state index contributed by atoms with van der Waals surface area (Å²) in [6.45, 7) is -0.778. The van der Waals surface area contributed by atoms with Gasteiger partial charge in [-0.05, 0) is 12.1 Å². The van der Waals surface area contributed by atoms with Crippen LogP contribution in [-0.4, -0.2) is 46.7 Å². The van der Waals surface area contributed by atoms with Gasteiger partial charge in [-0.25, -0.2) is 9.78 Å². The Labute approximate surface area is 150 Å². The van der Waals surface area contributed by atoms with Crippen molar-refractivity contribution in [1.82, 2.24) is 15.3 Å². The van der Waals surface area contributed by atoms with Gasteiger partial charge in [0.05, 0.1) is 19.2 Å². The predicted octanol–water partition coefficient (Wildman–Crippen LogP) is 2.00. The van der Waals surface area contributed by atoms with Crippen molar-refractivity contribution in [3.05, 3.63) is 41.7 Å². The average Bonchev–Trinajstić information content (AvgIpc) is 3.02. The quantitative estimate of drug-likeness (QED) is 0.600. The molecule has 0 aliphatic rings. The fourth-order valence-electron chi connectivity index (χ4n) is 2.72. The highest BCUT2D eigenvalue weighted by Gasteiger charge is 2.37. The summed E-state index contributed by atoms with van der Waals surface area (Å²) in [6.07, 6.45) is -4.81. The summed E-state index contributed by atoms with van der Waals surface area (Å²) in [5, 5.41) is 11.9. The molecule has 27 heavy (non-hydrogen) atoms.